The fourth-order valence-electron chi connectivity index (χ4n) is 3.36. The Bertz CT molecular complexity index is 1190. The van der Waals surface area contributed by atoms with Gasteiger partial charge in [0.2, 0.25) is 0 Å². The molecule has 0 amide bonds. The number of hydrogen-bond acceptors (Lipinski definition) is 3. The summed E-state index contributed by atoms with van der Waals surface area (Å²) >= 11 is 0. The van der Waals surface area contributed by atoms with Crippen LogP contribution in [0.25, 0.3) is 27.8 Å². The van der Waals surface area contributed by atoms with Crippen molar-refractivity contribution in [2.75, 3.05) is 6.61 Å². The first kappa shape index (κ1) is 17.9. The molecule has 4 aromatic rings. The molecule has 0 spiro atoms. The van der Waals surface area contributed by atoms with Crippen LogP contribution in [0.4, 0.5) is 0 Å². The quantitative estimate of drug-likeness (QED) is 0.334. The standard InChI is InChI=1S/C24H21NO3/c1-3-27-23(26)14-12-19-16-25(2)21-9-6-10-22(24(19)21)28-20-13-11-17-7-4-5-8-18(17)15-20/h4-16H,3H2,1-2H3. The van der Waals surface area contributed by atoms with Crippen molar-refractivity contribution in [3.05, 3.63) is 78.5 Å². The van der Waals surface area contributed by atoms with E-state index in [4.69, 9.17) is 9.47 Å². The third-order valence-corrected chi connectivity index (χ3v) is 4.64. The van der Waals surface area contributed by atoms with Gasteiger partial charge in [0.15, 0.2) is 0 Å². The lowest BCUT2D eigenvalue weighted by Gasteiger charge is -2.09. The van der Waals surface area contributed by atoms with Crippen LogP contribution >= 0.6 is 0 Å². The van der Waals surface area contributed by atoms with Gasteiger partial charge in [0.05, 0.1) is 12.1 Å². The minimum absolute atomic E-state index is 0.354. The molecule has 0 N–H and O–H groups in total. The third-order valence-electron chi connectivity index (χ3n) is 4.64. The Labute approximate surface area is 163 Å². The highest BCUT2D eigenvalue weighted by Gasteiger charge is 2.12. The van der Waals surface area contributed by atoms with Gasteiger partial charge in [-0.1, -0.05) is 36.4 Å². The topological polar surface area (TPSA) is 40.5 Å². The summed E-state index contributed by atoms with van der Waals surface area (Å²) in [6.07, 6.45) is 5.20. The molecule has 4 rings (SSSR count). The SMILES string of the molecule is CCOC(=O)C=Cc1cn(C)c2cccc(Oc3ccc4ccccc4c3)c12. The molecule has 0 unspecified atom stereocenters. The Morgan fingerprint density at radius 1 is 1.04 bits per heavy atom. The maximum Gasteiger partial charge on any atom is 0.330 e. The molecule has 0 fully saturated rings. The fourth-order valence-corrected chi connectivity index (χ4v) is 3.36. The van der Waals surface area contributed by atoms with Gasteiger partial charge in [-0.3, -0.25) is 0 Å². The molecule has 1 heterocycles. The summed E-state index contributed by atoms with van der Waals surface area (Å²) in [5.74, 6) is 1.17. The van der Waals surface area contributed by atoms with Gasteiger partial charge in [-0.2, -0.15) is 0 Å². The molecule has 0 saturated heterocycles. The molecule has 28 heavy (non-hydrogen) atoms. The molecule has 0 atom stereocenters. The molecule has 0 saturated carbocycles. The highest BCUT2D eigenvalue weighted by atomic mass is 16.5. The van der Waals surface area contributed by atoms with Crippen LogP contribution in [-0.4, -0.2) is 17.1 Å². The first-order valence-corrected chi connectivity index (χ1v) is 9.25. The average molecular weight is 371 g/mol. The van der Waals surface area contributed by atoms with Gasteiger partial charge in [0.1, 0.15) is 11.5 Å². The number of aromatic nitrogens is 1. The van der Waals surface area contributed by atoms with Crippen molar-refractivity contribution in [3.63, 3.8) is 0 Å². The minimum atomic E-state index is -0.354. The molecule has 0 aliphatic heterocycles. The molecule has 4 heteroatoms. The zero-order chi connectivity index (χ0) is 19.5. The zero-order valence-electron chi connectivity index (χ0n) is 15.9. The van der Waals surface area contributed by atoms with Crippen molar-refractivity contribution in [1.29, 1.82) is 0 Å². The monoisotopic (exact) mass is 371 g/mol. The molecule has 0 radical (unpaired) electrons. The number of carbonyl (C=O) groups is 1. The Hall–Kier alpha value is -3.53. The summed E-state index contributed by atoms with van der Waals surface area (Å²) in [7, 11) is 1.98. The Kier molecular flexibility index (Phi) is 4.85. The number of rotatable bonds is 5. The molecule has 0 aliphatic carbocycles. The Morgan fingerprint density at radius 2 is 1.86 bits per heavy atom. The van der Waals surface area contributed by atoms with Crippen LogP contribution in [0.15, 0.2) is 72.9 Å². The van der Waals surface area contributed by atoms with E-state index in [9.17, 15) is 4.79 Å². The van der Waals surface area contributed by atoms with E-state index in [1.54, 1.807) is 13.0 Å². The number of nitrogens with zero attached hydrogens (tertiary/aromatic N) is 1. The van der Waals surface area contributed by atoms with E-state index in [1.807, 2.05) is 60.3 Å². The molecule has 0 bridgehead atoms. The van der Waals surface area contributed by atoms with E-state index in [0.717, 1.165) is 33.4 Å². The van der Waals surface area contributed by atoms with E-state index in [1.165, 1.54) is 11.5 Å². The van der Waals surface area contributed by atoms with Crippen LogP contribution in [0.5, 0.6) is 11.5 Å². The number of esters is 1. The maximum absolute atomic E-state index is 11.7. The van der Waals surface area contributed by atoms with E-state index in [0.29, 0.717) is 6.61 Å². The summed E-state index contributed by atoms with van der Waals surface area (Å²) in [4.78, 5) is 11.7. The van der Waals surface area contributed by atoms with Gasteiger partial charge in [-0.05, 0) is 48.0 Å². The smallest absolute Gasteiger partial charge is 0.330 e. The maximum atomic E-state index is 11.7. The lowest BCUT2D eigenvalue weighted by atomic mass is 10.1. The number of aryl methyl sites for hydroxylation is 1. The number of hydrogen-bond donors (Lipinski definition) is 0. The number of ether oxygens (including phenoxy) is 2. The molecule has 3 aromatic carbocycles. The summed E-state index contributed by atoms with van der Waals surface area (Å²) in [5.41, 5.74) is 1.93. The van der Waals surface area contributed by atoms with Gasteiger partial charge in [-0.25, -0.2) is 4.79 Å². The largest absolute Gasteiger partial charge is 0.463 e. The van der Waals surface area contributed by atoms with Crippen molar-refractivity contribution in [3.8, 4) is 11.5 Å². The summed E-state index contributed by atoms with van der Waals surface area (Å²) in [6, 6.07) is 20.2. The van der Waals surface area contributed by atoms with Gasteiger partial charge in [0.25, 0.3) is 0 Å². The van der Waals surface area contributed by atoms with Crippen molar-refractivity contribution in [2.24, 2.45) is 7.05 Å². The summed E-state index contributed by atoms with van der Waals surface area (Å²) < 4.78 is 13.3. The first-order chi connectivity index (χ1) is 13.7. The van der Waals surface area contributed by atoms with Crippen LogP contribution in [-0.2, 0) is 16.6 Å². The van der Waals surface area contributed by atoms with Crippen LogP contribution in [0, 0.1) is 0 Å². The van der Waals surface area contributed by atoms with E-state index in [2.05, 4.69) is 18.2 Å². The molecule has 140 valence electrons. The van der Waals surface area contributed by atoms with Gasteiger partial charge in [-0.15, -0.1) is 0 Å². The third kappa shape index (κ3) is 3.49. The second kappa shape index (κ2) is 7.61. The highest BCUT2D eigenvalue weighted by molar-refractivity contribution is 5.98. The van der Waals surface area contributed by atoms with Crippen molar-refractivity contribution in [2.45, 2.75) is 6.92 Å². The fraction of sp³-hybridized carbons (Fsp3) is 0.125. The van der Waals surface area contributed by atoms with Crippen molar-refractivity contribution >= 4 is 33.7 Å². The van der Waals surface area contributed by atoms with E-state index in [-0.39, 0.29) is 5.97 Å². The molecule has 4 nitrogen and oxygen atoms in total. The Balaban J connectivity index is 1.74. The summed E-state index contributed by atoms with van der Waals surface area (Å²) in [6.45, 7) is 2.15. The number of benzene rings is 3. The van der Waals surface area contributed by atoms with Gasteiger partial charge >= 0.3 is 5.97 Å². The van der Waals surface area contributed by atoms with Crippen molar-refractivity contribution in [1.82, 2.24) is 4.57 Å². The lowest BCUT2D eigenvalue weighted by Crippen LogP contribution is -1.98. The zero-order valence-corrected chi connectivity index (χ0v) is 15.9. The Morgan fingerprint density at radius 3 is 2.68 bits per heavy atom. The normalized spacial score (nSPS) is 11.4. The van der Waals surface area contributed by atoms with Gasteiger partial charge < -0.3 is 14.0 Å². The van der Waals surface area contributed by atoms with Crippen LogP contribution in [0.2, 0.25) is 0 Å². The minimum Gasteiger partial charge on any atom is -0.463 e. The van der Waals surface area contributed by atoms with E-state index < -0.39 is 0 Å². The second-order valence-corrected chi connectivity index (χ2v) is 6.54. The molecule has 1 aromatic heterocycles. The summed E-state index contributed by atoms with van der Waals surface area (Å²) in [5, 5.41) is 3.26. The van der Waals surface area contributed by atoms with E-state index >= 15 is 0 Å². The lowest BCUT2D eigenvalue weighted by molar-refractivity contribution is -0.137. The molecular formula is C24H21NO3. The van der Waals surface area contributed by atoms with Crippen molar-refractivity contribution < 1.29 is 14.3 Å². The molecule has 0 aliphatic rings. The predicted molar refractivity (Wildman–Crippen MR) is 113 cm³/mol. The predicted octanol–water partition coefficient (Wildman–Crippen LogP) is 5.70. The number of fused-ring (bicyclic) bond motifs is 2. The highest BCUT2D eigenvalue weighted by Crippen LogP contribution is 2.35. The first-order valence-electron chi connectivity index (χ1n) is 9.25. The second-order valence-electron chi connectivity index (χ2n) is 6.54. The van der Waals surface area contributed by atoms with Crippen LogP contribution in [0.3, 0.4) is 0 Å². The van der Waals surface area contributed by atoms with Crippen LogP contribution < -0.4 is 4.74 Å². The van der Waals surface area contributed by atoms with Crippen LogP contribution in [0.1, 0.15) is 12.5 Å². The number of carbonyl (C=O) groups excluding carboxylic acids is 1. The molecular weight excluding hydrogens is 350 g/mol. The van der Waals surface area contributed by atoms with Gasteiger partial charge in [0, 0.05) is 30.3 Å². The average Bonchev–Trinajstić information content (AvgIpc) is 3.03.